The Morgan fingerprint density at radius 3 is 2.48 bits per heavy atom. The monoisotopic (exact) mass is 529 g/mol. The van der Waals surface area contributed by atoms with Gasteiger partial charge in [0.05, 0.1) is 5.69 Å². The molecule has 1 atom stereocenters. The van der Waals surface area contributed by atoms with Crippen molar-refractivity contribution in [1.82, 2.24) is 4.58 Å². The zero-order chi connectivity index (χ0) is 25.9. The number of allylic oxidation sites excluding steroid dienone is 2. The number of para-hydroxylation sites is 4. The highest BCUT2D eigenvalue weighted by molar-refractivity contribution is 7.26. The van der Waals surface area contributed by atoms with Crippen LogP contribution < -0.4 is 9.48 Å². The van der Waals surface area contributed by atoms with Gasteiger partial charge in [0.1, 0.15) is 17.3 Å². The number of furan rings is 1. The molecule has 1 aliphatic carbocycles. The summed E-state index contributed by atoms with van der Waals surface area (Å²) >= 11 is 1.88. The van der Waals surface area contributed by atoms with Crippen molar-refractivity contribution in [2.75, 3.05) is 4.90 Å². The molecule has 4 heterocycles. The van der Waals surface area contributed by atoms with Crippen molar-refractivity contribution in [2.24, 2.45) is 0 Å². The lowest BCUT2D eigenvalue weighted by atomic mass is 9.92. The van der Waals surface area contributed by atoms with Crippen LogP contribution in [0.2, 0.25) is 0 Å². The molecular weight excluding hydrogens is 508 g/mol. The molecule has 3 nitrogen and oxygen atoms in total. The summed E-state index contributed by atoms with van der Waals surface area (Å²) in [7, 11) is 0. The third-order valence-corrected chi connectivity index (χ3v) is 9.84. The minimum absolute atomic E-state index is 0.0822. The first-order valence-corrected chi connectivity index (χ1v) is 14.5. The number of benzene rings is 5. The number of thiophene rings is 1. The van der Waals surface area contributed by atoms with E-state index in [1.54, 1.807) is 0 Å². The van der Waals surface area contributed by atoms with Gasteiger partial charge < -0.3 is 9.32 Å². The highest BCUT2D eigenvalue weighted by Gasteiger charge is 2.49. The fraction of sp³-hybridized carbons (Fsp3) is 0.0278. The third-order valence-electron chi connectivity index (χ3n) is 8.71. The SMILES string of the molecule is C1=CC2=[N+](c3cccc4c3oc3ccccc34)c3ccccc3N3c4c(ccc5sc6ccccc6c45)C(=C1)C23. The number of anilines is 2. The first kappa shape index (κ1) is 21.0. The first-order chi connectivity index (χ1) is 19.9. The molecule has 2 aliphatic heterocycles. The standard InChI is InChI=1S/C36H21N2OS/c1-5-17-30-21(9-1)24-12-8-16-29(36(24)39-30)37-26-13-3-4-14-27(26)38-34-22(11-7-15-28(34)37)23-19-20-32-33(35(23)38)25-10-2-6-18-31(25)40-32/h1-20,34H/q+1. The van der Waals surface area contributed by atoms with Gasteiger partial charge in [0.2, 0.25) is 17.0 Å². The molecule has 40 heavy (non-hydrogen) atoms. The lowest BCUT2D eigenvalue weighted by Gasteiger charge is -2.33. The molecule has 3 aliphatic rings. The highest BCUT2D eigenvalue weighted by Crippen LogP contribution is 2.56. The molecule has 1 unspecified atom stereocenters. The van der Waals surface area contributed by atoms with Crippen LogP contribution in [0.4, 0.5) is 22.7 Å². The van der Waals surface area contributed by atoms with E-state index in [0.29, 0.717) is 0 Å². The van der Waals surface area contributed by atoms with Gasteiger partial charge in [0, 0.05) is 54.7 Å². The second kappa shape index (κ2) is 7.38. The Kier molecular flexibility index (Phi) is 3.87. The summed E-state index contributed by atoms with van der Waals surface area (Å²) in [5.74, 6) is 0. The summed E-state index contributed by atoms with van der Waals surface area (Å²) in [4.78, 5) is 2.59. The van der Waals surface area contributed by atoms with Crippen molar-refractivity contribution in [2.45, 2.75) is 6.04 Å². The van der Waals surface area contributed by atoms with Crippen molar-refractivity contribution >= 4 is 87.5 Å². The van der Waals surface area contributed by atoms with Gasteiger partial charge in [-0.05, 0) is 35.9 Å². The van der Waals surface area contributed by atoms with Gasteiger partial charge in [-0.25, -0.2) is 0 Å². The van der Waals surface area contributed by atoms with Crippen molar-refractivity contribution in [3.8, 4) is 0 Å². The smallest absolute Gasteiger partial charge is 0.255 e. The van der Waals surface area contributed by atoms with E-state index in [-0.39, 0.29) is 6.04 Å². The molecule has 2 aromatic heterocycles. The molecule has 186 valence electrons. The number of hydrogen-bond acceptors (Lipinski definition) is 3. The maximum absolute atomic E-state index is 6.55. The van der Waals surface area contributed by atoms with Gasteiger partial charge in [0.15, 0.2) is 0 Å². The zero-order valence-corrected chi connectivity index (χ0v) is 22.2. The normalized spacial score (nSPS) is 17.1. The van der Waals surface area contributed by atoms with E-state index < -0.39 is 0 Å². The van der Waals surface area contributed by atoms with Crippen molar-refractivity contribution in [3.05, 3.63) is 127 Å². The van der Waals surface area contributed by atoms with E-state index in [9.17, 15) is 0 Å². The van der Waals surface area contributed by atoms with E-state index in [2.05, 4.69) is 125 Å². The molecule has 0 N–H and O–H groups in total. The van der Waals surface area contributed by atoms with Crippen LogP contribution in [0.15, 0.2) is 126 Å². The van der Waals surface area contributed by atoms with Crippen LogP contribution in [-0.4, -0.2) is 11.8 Å². The maximum atomic E-state index is 6.55. The van der Waals surface area contributed by atoms with Gasteiger partial charge in [-0.1, -0.05) is 72.8 Å². The van der Waals surface area contributed by atoms with Crippen LogP contribution in [0.25, 0.3) is 47.7 Å². The van der Waals surface area contributed by atoms with Crippen molar-refractivity contribution in [1.29, 1.82) is 0 Å². The number of hydrogen-bond donors (Lipinski definition) is 0. The number of rotatable bonds is 1. The highest BCUT2D eigenvalue weighted by atomic mass is 32.1. The van der Waals surface area contributed by atoms with Gasteiger partial charge in [-0.3, -0.25) is 0 Å². The largest absolute Gasteiger partial charge is 0.449 e. The van der Waals surface area contributed by atoms with E-state index in [1.807, 2.05) is 17.4 Å². The molecule has 0 saturated heterocycles. The van der Waals surface area contributed by atoms with Crippen LogP contribution in [0.1, 0.15) is 5.56 Å². The van der Waals surface area contributed by atoms with E-state index in [4.69, 9.17) is 4.42 Å². The van der Waals surface area contributed by atoms with Crippen LogP contribution in [0.5, 0.6) is 0 Å². The third kappa shape index (κ3) is 2.48. The van der Waals surface area contributed by atoms with Gasteiger partial charge in [-0.15, -0.1) is 11.3 Å². The lowest BCUT2D eigenvalue weighted by molar-refractivity contribution is 0.666. The van der Waals surface area contributed by atoms with Crippen LogP contribution >= 0.6 is 11.3 Å². The Labute approximate surface area is 233 Å². The summed E-state index contributed by atoms with van der Waals surface area (Å²) in [6.07, 6.45) is 6.80. The predicted molar refractivity (Wildman–Crippen MR) is 169 cm³/mol. The van der Waals surface area contributed by atoms with Crippen LogP contribution in [0, 0.1) is 0 Å². The summed E-state index contributed by atoms with van der Waals surface area (Å²) in [6.45, 7) is 0. The molecule has 0 spiro atoms. The predicted octanol–water partition coefficient (Wildman–Crippen LogP) is 9.72. The Hall–Kier alpha value is -4.93. The Morgan fingerprint density at radius 1 is 0.700 bits per heavy atom. The Balaban J connectivity index is 1.33. The van der Waals surface area contributed by atoms with Crippen molar-refractivity contribution in [3.63, 3.8) is 0 Å². The average Bonchev–Trinajstić information content (AvgIpc) is 3.68. The summed E-state index contributed by atoms with van der Waals surface area (Å²) in [5, 5.41) is 4.98. The van der Waals surface area contributed by atoms with E-state index in [0.717, 1.165) is 33.3 Å². The quantitative estimate of drug-likeness (QED) is 0.197. The van der Waals surface area contributed by atoms with Crippen molar-refractivity contribution < 1.29 is 4.42 Å². The topological polar surface area (TPSA) is 19.4 Å². The second-order valence-electron chi connectivity index (χ2n) is 10.7. The van der Waals surface area contributed by atoms with Gasteiger partial charge >= 0.3 is 0 Å². The number of nitrogens with zero attached hydrogens (tertiary/aromatic N) is 2. The van der Waals surface area contributed by atoms with E-state index >= 15 is 0 Å². The van der Waals surface area contributed by atoms with Gasteiger partial charge in [0.25, 0.3) is 5.69 Å². The van der Waals surface area contributed by atoms with Crippen LogP contribution in [-0.2, 0) is 0 Å². The second-order valence-corrected chi connectivity index (χ2v) is 11.8. The van der Waals surface area contributed by atoms with Crippen LogP contribution in [0.3, 0.4) is 0 Å². The molecule has 0 fully saturated rings. The maximum Gasteiger partial charge on any atom is 0.255 e. The molecule has 0 bridgehead atoms. The molecule has 0 radical (unpaired) electrons. The molecule has 7 aromatic rings. The fourth-order valence-corrected chi connectivity index (χ4v) is 8.25. The molecule has 5 aromatic carbocycles. The molecule has 4 heteroatoms. The lowest BCUT2D eigenvalue weighted by Crippen LogP contribution is -2.43. The zero-order valence-electron chi connectivity index (χ0n) is 21.3. The molecule has 0 amide bonds. The first-order valence-electron chi connectivity index (χ1n) is 13.7. The molecular formula is C36H21N2OS+. The minimum atomic E-state index is 0.0822. The summed E-state index contributed by atoms with van der Waals surface area (Å²) in [5.41, 5.74) is 10.5. The molecule has 10 rings (SSSR count). The Morgan fingerprint density at radius 2 is 1.50 bits per heavy atom. The summed E-state index contributed by atoms with van der Waals surface area (Å²) in [6, 6.07) is 37.2. The Bertz CT molecular complexity index is 2350. The average molecular weight is 530 g/mol. The number of fused-ring (bicyclic) bond motifs is 12. The fourth-order valence-electron chi connectivity index (χ4n) is 7.14. The van der Waals surface area contributed by atoms with E-state index in [1.165, 1.54) is 48.4 Å². The minimum Gasteiger partial charge on any atom is -0.449 e. The van der Waals surface area contributed by atoms with Gasteiger partial charge in [-0.2, -0.15) is 4.58 Å². The molecule has 0 saturated carbocycles. The summed E-state index contributed by atoms with van der Waals surface area (Å²) < 4.78 is 11.7.